The second-order valence-electron chi connectivity index (χ2n) is 5.53. The number of halogens is 1. The van der Waals surface area contributed by atoms with E-state index in [9.17, 15) is 18.0 Å². The third-order valence-electron chi connectivity index (χ3n) is 3.71. The molecule has 0 aliphatic carbocycles. The lowest BCUT2D eigenvalue weighted by atomic mass is 10.2. The number of sulfonamides is 1. The lowest BCUT2D eigenvalue weighted by molar-refractivity contribution is -0.122. The molecule has 2 heterocycles. The summed E-state index contributed by atoms with van der Waals surface area (Å²) < 4.78 is 27.3. The van der Waals surface area contributed by atoms with Crippen LogP contribution in [0.5, 0.6) is 0 Å². The minimum Gasteiger partial charge on any atom is -0.354 e. The van der Waals surface area contributed by atoms with Crippen LogP contribution in [0, 0.1) is 0 Å². The largest absolute Gasteiger partial charge is 0.354 e. The van der Waals surface area contributed by atoms with Gasteiger partial charge in [-0.2, -0.15) is 4.31 Å². The van der Waals surface area contributed by atoms with Crippen LogP contribution >= 0.6 is 15.9 Å². The molecule has 0 spiro atoms. The first-order valence-electron chi connectivity index (χ1n) is 7.66. The molecule has 1 fully saturated rings. The number of rotatable bonds is 4. The molecule has 0 radical (unpaired) electrons. The molecule has 0 atom stereocenters. The molecule has 136 valence electrons. The Morgan fingerprint density at radius 3 is 2.77 bits per heavy atom. The third-order valence-corrected chi connectivity index (χ3v) is 6.02. The van der Waals surface area contributed by atoms with Gasteiger partial charge in [0.05, 0.1) is 11.4 Å². The molecular weight excluding hydrogens is 424 g/mol. The molecule has 10 heteroatoms. The number of anilines is 1. The molecule has 26 heavy (non-hydrogen) atoms. The highest BCUT2D eigenvalue weighted by Gasteiger charge is 2.29. The average molecular weight is 439 g/mol. The highest BCUT2D eigenvalue weighted by Crippen LogP contribution is 2.19. The Kier molecular flexibility index (Phi) is 5.35. The molecule has 2 N–H and O–H groups in total. The van der Waals surface area contributed by atoms with Crippen LogP contribution in [-0.2, 0) is 14.8 Å². The van der Waals surface area contributed by atoms with Crippen molar-refractivity contribution >= 4 is 43.6 Å². The van der Waals surface area contributed by atoms with E-state index in [1.165, 1.54) is 30.5 Å². The van der Waals surface area contributed by atoms with Crippen molar-refractivity contribution in [2.24, 2.45) is 0 Å². The Bertz CT molecular complexity index is 947. The number of piperazine rings is 1. The van der Waals surface area contributed by atoms with Gasteiger partial charge in [-0.1, -0.05) is 6.07 Å². The number of hydrogen-bond acceptors (Lipinski definition) is 5. The average Bonchev–Trinajstić information content (AvgIpc) is 2.63. The van der Waals surface area contributed by atoms with Crippen LogP contribution in [0.3, 0.4) is 0 Å². The maximum atomic E-state index is 12.7. The molecular formula is C16H15BrN4O4S. The zero-order valence-corrected chi connectivity index (χ0v) is 15.9. The number of amides is 2. The Morgan fingerprint density at radius 1 is 1.27 bits per heavy atom. The zero-order chi connectivity index (χ0) is 18.7. The van der Waals surface area contributed by atoms with Crippen molar-refractivity contribution in [2.45, 2.75) is 4.90 Å². The van der Waals surface area contributed by atoms with Crippen LogP contribution in [0.1, 0.15) is 10.4 Å². The van der Waals surface area contributed by atoms with Crippen LogP contribution in [0.25, 0.3) is 0 Å². The van der Waals surface area contributed by atoms with Gasteiger partial charge in [0, 0.05) is 29.3 Å². The number of pyridine rings is 1. The SMILES string of the molecule is O=C1CN(S(=O)(=O)c2cccc(C(=O)Nc3ccc(Br)cn3)c2)CCN1. The van der Waals surface area contributed by atoms with Crippen molar-refractivity contribution in [3.8, 4) is 0 Å². The van der Waals surface area contributed by atoms with E-state index in [1.54, 1.807) is 12.1 Å². The van der Waals surface area contributed by atoms with Crippen LogP contribution in [0.2, 0.25) is 0 Å². The summed E-state index contributed by atoms with van der Waals surface area (Å²) in [4.78, 5) is 27.8. The first kappa shape index (κ1) is 18.5. The van der Waals surface area contributed by atoms with E-state index in [4.69, 9.17) is 0 Å². The Morgan fingerprint density at radius 2 is 2.08 bits per heavy atom. The summed E-state index contributed by atoms with van der Waals surface area (Å²) in [5.74, 6) is -0.484. The van der Waals surface area contributed by atoms with Gasteiger partial charge in [-0.3, -0.25) is 9.59 Å². The van der Waals surface area contributed by atoms with Crippen LogP contribution in [0.4, 0.5) is 5.82 Å². The summed E-state index contributed by atoms with van der Waals surface area (Å²) in [6, 6.07) is 9.03. The van der Waals surface area contributed by atoms with E-state index in [-0.39, 0.29) is 36.0 Å². The maximum absolute atomic E-state index is 12.7. The van der Waals surface area contributed by atoms with Gasteiger partial charge in [0.2, 0.25) is 15.9 Å². The summed E-state index contributed by atoms with van der Waals surface area (Å²) in [7, 11) is -3.86. The van der Waals surface area contributed by atoms with Gasteiger partial charge >= 0.3 is 0 Å². The van der Waals surface area contributed by atoms with Gasteiger partial charge in [-0.15, -0.1) is 0 Å². The number of benzene rings is 1. The number of carbonyl (C=O) groups is 2. The highest BCUT2D eigenvalue weighted by molar-refractivity contribution is 9.10. The molecule has 0 unspecified atom stereocenters. The topological polar surface area (TPSA) is 108 Å². The molecule has 1 aromatic heterocycles. The van der Waals surface area contributed by atoms with Crippen molar-refractivity contribution in [3.05, 3.63) is 52.6 Å². The van der Waals surface area contributed by atoms with Gasteiger partial charge in [0.1, 0.15) is 5.82 Å². The van der Waals surface area contributed by atoms with E-state index in [2.05, 4.69) is 31.5 Å². The van der Waals surface area contributed by atoms with Crippen LogP contribution in [-0.4, -0.2) is 49.2 Å². The molecule has 3 rings (SSSR count). The van der Waals surface area contributed by atoms with Gasteiger partial charge in [0.25, 0.3) is 5.91 Å². The fraction of sp³-hybridized carbons (Fsp3) is 0.188. The lowest BCUT2D eigenvalue weighted by Gasteiger charge is -2.26. The number of nitrogens with zero attached hydrogens (tertiary/aromatic N) is 2. The lowest BCUT2D eigenvalue weighted by Crippen LogP contribution is -2.49. The van der Waals surface area contributed by atoms with E-state index >= 15 is 0 Å². The first-order valence-corrected chi connectivity index (χ1v) is 9.89. The predicted molar refractivity (Wildman–Crippen MR) is 98.1 cm³/mol. The summed E-state index contributed by atoms with van der Waals surface area (Å²) in [6.07, 6.45) is 1.54. The van der Waals surface area contributed by atoms with Crippen molar-refractivity contribution in [2.75, 3.05) is 25.0 Å². The zero-order valence-electron chi connectivity index (χ0n) is 13.5. The van der Waals surface area contributed by atoms with E-state index in [1.807, 2.05) is 0 Å². The predicted octanol–water partition coefficient (Wildman–Crippen LogP) is 1.22. The monoisotopic (exact) mass is 438 g/mol. The van der Waals surface area contributed by atoms with Crippen molar-refractivity contribution in [1.29, 1.82) is 0 Å². The standard InChI is InChI=1S/C16H15BrN4O4S/c17-12-4-5-14(19-9-12)20-16(23)11-2-1-3-13(8-11)26(24,25)21-7-6-18-15(22)10-21/h1-5,8-9H,6-7,10H2,(H,18,22)(H,19,20,23). The van der Waals surface area contributed by atoms with Crippen LogP contribution < -0.4 is 10.6 Å². The first-order chi connectivity index (χ1) is 12.4. The number of aromatic nitrogens is 1. The summed E-state index contributed by atoms with van der Waals surface area (Å²) in [5, 5.41) is 5.18. The fourth-order valence-corrected chi connectivity index (χ4v) is 4.08. The molecule has 1 aliphatic heterocycles. The molecule has 1 aliphatic rings. The molecule has 1 aromatic carbocycles. The second-order valence-corrected chi connectivity index (χ2v) is 8.39. The van der Waals surface area contributed by atoms with E-state index in [0.29, 0.717) is 5.82 Å². The van der Waals surface area contributed by atoms with Gasteiger partial charge in [-0.25, -0.2) is 13.4 Å². The Labute approximate surface area is 158 Å². The number of hydrogen-bond donors (Lipinski definition) is 2. The normalized spacial score (nSPS) is 15.3. The molecule has 0 saturated carbocycles. The molecule has 1 saturated heterocycles. The minimum absolute atomic E-state index is 0.0383. The fourth-order valence-electron chi connectivity index (χ4n) is 2.41. The summed E-state index contributed by atoms with van der Waals surface area (Å²) in [5.41, 5.74) is 0.178. The van der Waals surface area contributed by atoms with Gasteiger partial charge in [-0.05, 0) is 46.3 Å². The Balaban J connectivity index is 1.82. The second kappa shape index (κ2) is 7.52. The van der Waals surface area contributed by atoms with Crippen molar-refractivity contribution in [1.82, 2.24) is 14.6 Å². The van der Waals surface area contributed by atoms with Crippen molar-refractivity contribution < 1.29 is 18.0 Å². The van der Waals surface area contributed by atoms with Gasteiger partial charge in [0.15, 0.2) is 0 Å². The third kappa shape index (κ3) is 4.09. The minimum atomic E-state index is -3.86. The quantitative estimate of drug-likeness (QED) is 0.745. The molecule has 0 bridgehead atoms. The Hall–Kier alpha value is -2.30. The molecule has 2 amide bonds. The molecule has 2 aromatic rings. The molecule has 8 nitrogen and oxygen atoms in total. The number of nitrogens with one attached hydrogen (secondary N) is 2. The van der Waals surface area contributed by atoms with Gasteiger partial charge < -0.3 is 10.6 Å². The highest BCUT2D eigenvalue weighted by atomic mass is 79.9. The van der Waals surface area contributed by atoms with Crippen LogP contribution in [0.15, 0.2) is 52.0 Å². The maximum Gasteiger partial charge on any atom is 0.256 e. The smallest absolute Gasteiger partial charge is 0.256 e. The van der Waals surface area contributed by atoms with Crippen molar-refractivity contribution in [3.63, 3.8) is 0 Å². The van der Waals surface area contributed by atoms with E-state index < -0.39 is 15.9 Å². The van der Waals surface area contributed by atoms with E-state index in [0.717, 1.165) is 8.78 Å². The summed E-state index contributed by atoms with van der Waals surface area (Å²) >= 11 is 3.25. The summed E-state index contributed by atoms with van der Waals surface area (Å²) in [6.45, 7) is 0.211. The number of carbonyl (C=O) groups excluding carboxylic acids is 2.